The molecule has 0 radical (unpaired) electrons. The van der Waals surface area contributed by atoms with E-state index < -0.39 is 16.1 Å². The SMILES string of the molecule is CCc1ccccc1N1C(=O)N(Cc2ccc(C(C)(C)C)cc2)c2ccccc2S1(=O)=O. The number of hydrogen-bond donors (Lipinski definition) is 0. The van der Waals surface area contributed by atoms with Gasteiger partial charge in [0.1, 0.15) is 4.90 Å². The van der Waals surface area contributed by atoms with E-state index in [0.717, 1.165) is 15.4 Å². The molecule has 1 heterocycles. The van der Waals surface area contributed by atoms with Gasteiger partial charge in [-0.05, 0) is 46.7 Å². The van der Waals surface area contributed by atoms with Crippen molar-refractivity contribution in [1.29, 1.82) is 0 Å². The molecule has 3 aromatic rings. The number of para-hydroxylation sites is 2. The van der Waals surface area contributed by atoms with Gasteiger partial charge in [-0.15, -0.1) is 0 Å². The molecule has 0 atom stereocenters. The van der Waals surface area contributed by atoms with E-state index in [1.54, 1.807) is 41.3 Å². The minimum atomic E-state index is -4.03. The molecule has 0 saturated heterocycles. The lowest BCUT2D eigenvalue weighted by Gasteiger charge is -2.37. The van der Waals surface area contributed by atoms with Crippen molar-refractivity contribution in [3.05, 3.63) is 89.5 Å². The molecule has 166 valence electrons. The molecule has 6 heteroatoms. The Morgan fingerprint density at radius 1 is 0.812 bits per heavy atom. The molecular formula is C26H28N2O3S. The van der Waals surface area contributed by atoms with Gasteiger partial charge >= 0.3 is 6.03 Å². The molecule has 0 aromatic heterocycles. The summed E-state index contributed by atoms with van der Waals surface area (Å²) in [5.74, 6) is 0. The number of sulfonamides is 1. The minimum absolute atomic E-state index is 0.0286. The van der Waals surface area contributed by atoms with Gasteiger partial charge < -0.3 is 0 Å². The van der Waals surface area contributed by atoms with E-state index in [0.29, 0.717) is 17.8 Å². The van der Waals surface area contributed by atoms with E-state index in [2.05, 4.69) is 32.9 Å². The van der Waals surface area contributed by atoms with E-state index in [1.165, 1.54) is 5.56 Å². The van der Waals surface area contributed by atoms with E-state index in [4.69, 9.17) is 0 Å². The number of rotatable bonds is 4. The lowest BCUT2D eigenvalue weighted by molar-refractivity contribution is 0.253. The number of anilines is 2. The van der Waals surface area contributed by atoms with Crippen LogP contribution < -0.4 is 9.21 Å². The predicted molar refractivity (Wildman–Crippen MR) is 129 cm³/mol. The zero-order valence-electron chi connectivity index (χ0n) is 18.9. The van der Waals surface area contributed by atoms with Crippen LogP contribution in [0.25, 0.3) is 0 Å². The minimum Gasteiger partial charge on any atom is -0.287 e. The van der Waals surface area contributed by atoms with Gasteiger partial charge in [0, 0.05) is 0 Å². The van der Waals surface area contributed by atoms with Crippen molar-refractivity contribution < 1.29 is 13.2 Å². The number of amides is 2. The van der Waals surface area contributed by atoms with Crippen LogP contribution in [0.2, 0.25) is 0 Å². The summed E-state index contributed by atoms with van der Waals surface area (Å²) in [4.78, 5) is 15.4. The molecular weight excluding hydrogens is 420 g/mol. The summed E-state index contributed by atoms with van der Waals surface area (Å²) in [6.45, 7) is 8.68. The first-order valence-electron chi connectivity index (χ1n) is 10.8. The average molecular weight is 449 g/mol. The highest BCUT2D eigenvalue weighted by Crippen LogP contribution is 2.39. The zero-order valence-corrected chi connectivity index (χ0v) is 19.7. The van der Waals surface area contributed by atoms with Crippen molar-refractivity contribution in [3.63, 3.8) is 0 Å². The molecule has 32 heavy (non-hydrogen) atoms. The fourth-order valence-electron chi connectivity index (χ4n) is 4.00. The Morgan fingerprint density at radius 2 is 1.41 bits per heavy atom. The molecule has 5 nitrogen and oxygen atoms in total. The van der Waals surface area contributed by atoms with Crippen LogP contribution in [0.1, 0.15) is 44.4 Å². The smallest absolute Gasteiger partial charge is 0.287 e. The second-order valence-corrected chi connectivity index (χ2v) is 10.8. The van der Waals surface area contributed by atoms with Crippen molar-refractivity contribution in [1.82, 2.24) is 0 Å². The standard InChI is InChI=1S/C26H28N2O3S/c1-5-20-10-6-7-11-22(20)28-25(29)27(23-12-8-9-13-24(23)32(28,30)31)18-19-14-16-21(17-15-19)26(2,3)4/h6-17H,5,18H2,1-4H3. The van der Waals surface area contributed by atoms with Gasteiger partial charge in [0.15, 0.2) is 0 Å². The van der Waals surface area contributed by atoms with Crippen LogP contribution in [0.4, 0.5) is 16.2 Å². The van der Waals surface area contributed by atoms with E-state index in [9.17, 15) is 13.2 Å². The molecule has 0 saturated carbocycles. The zero-order chi connectivity index (χ0) is 23.1. The fraction of sp³-hybridized carbons (Fsp3) is 0.269. The molecule has 0 unspecified atom stereocenters. The first-order valence-corrected chi connectivity index (χ1v) is 12.2. The molecule has 0 fully saturated rings. The maximum absolute atomic E-state index is 13.7. The number of aryl methyl sites for hydroxylation is 1. The number of fused-ring (bicyclic) bond motifs is 1. The van der Waals surface area contributed by atoms with Crippen LogP contribution in [0.3, 0.4) is 0 Å². The monoisotopic (exact) mass is 448 g/mol. The first kappa shape index (κ1) is 22.1. The maximum atomic E-state index is 13.7. The summed E-state index contributed by atoms with van der Waals surface area (Å²) in [5.41, 5.74) is 3.78. The Bertz CT molecular complexity index is 1260. The van der Waals surface area contributed by atoms with Crippen molar-refractivity contribution in [3.8, 4) is 0 Å². The molecule has 0 spiro atoms. The van der Waals surface area contributed by atoms with E-state index >= 15 is 0 Å². The molecule has 1 aliphatic rings. The number of nitrogens with zero attached hydrogens (tertiary/aromatic N) is 2. The fourth-order valence-corrected chi connectivity index (χ4v) is 5.63. The van der Waals surface area contributed by atoms with Crippen molar-refractivity contribution >= 4 is 27.4 Å². The van der Waals surface area contributed by atoms with E-state index in [-0.39, 0.29) is 16.9 Å². The van der Waals surface area contributed by atoms with Crippen LogP contribution in [-0.4, -0.2) is 14.4 Å². The third-order valence-electron chi connectivity index (χ3n) is 5.83. The summed E-state index contributed by atoms with van der Waals surface area (Å²) >= 11 is 0. The third-order valence-corrected chi connectivity index (χ3v) is 7.57. The Kier molecular flexibility index (Phi) is 5.59. The summed E-state index contributed by atoms with van der Waals surface area (Å²) in [6, 6.07) is 21.4. The average Bonchev–Trinajstić information content (AvgIpc) is 2.77. The van der Waals surface area contributed by atoms with Gasteiger partial charge in [0.05, 0.1) is 17.9 Å². The molecule has 0 aliphatic carbocycles. The van der Waals surface area contributed by atoms with Crippen molar-refractivity contribution in [2.75, 3.05) is 9.21 Å². The lowest BCUT2D eigenvalue weighted by atomic mass is 9.87. The van der Waals surface area contributed by atoms with Crippen LogP contribution in [0.5, 0.6) is 0 Å². The van der Waals surface area contributed by atoms with E-state index in [1.807, 2.05) is 31.2 Å². The number of hydrogen-bond acceptors (Lipinski definition) is 3. The topological polar surface area (TPSA) is 57.7 Å². The molecule has 0 N–H and O–H groups in total. The Morgan fingerprint density at radius 3 is 2.03 bits per heavy atom. The second kappa shape index (κ2) is 8.10. The number of carbonyl (C=O) groups is 1. The number of urea groups is 1. The van der Waals surface area contributed by atoms with Gasteiger partial charge in [0.25, 0.3) is 10.0 Å². The Hall–Kier alpha value is -3.12. The third kappa shape index (κ3) is 3.79. The first-order chi connectivity index (χ1) is 15.1. The Balaban J connectivity index is 1.81. The van der Waals surface area contributed by atoms with Crippen LogP contribution >= 0.6 is 0 Å². The highest BCUT2D eigenvalue weighted by molar-refractivity contribution is 7.94. The predicted octanol–water partition coefficient (Wildman–Crippen LogP) is 5.88. The molecule has 4 rings (SSSR count). The highest BCUT2D eigenvalue weighted by atomic mass is 32.2. The molecule has 0 bridgehead atoms. The molecule has 3 aromatic carbocycles. The van der Waals surface area contributed by atoms with Gasteiger partial charge in [-0.2, -0.15) is 4.31 Å². The van der Waals surface area contributed by atoms with Gasteiger partial charge in [0.2, 0.25) is 0 Å². The van der Waals surface area contributed by atoms with Crippen LogP contribution in [-0.2, 0) is 28.4 Å². The highest BCUT2D eigenvalue weighted by Gasteiger charge is 2.43. The van der Waals surface area contributed by atoms with Crippen molar-refractivity contribution in [2.24, 2.45) is 0 Å². The van der Waals surface area contributed by atoms with Crippen LogP contribution in [0, 0.1) is 0 Å². The summed E-state index contributed by atoms with van der Waals surface area (Å²) < 4.78 is 28.0. The maximum Gasteiger partial charge on any atom is 0.343 e. The molecule has 1 aliphatic heterocycles. The normalized spacial score (nSPS) is 15.6. The van der Waals surface area contributed by atoms with Gasteiger partial charge in [-0.3, -0.25) is 4.90 Å². The summed E-state index contributed by atoms with van der Waals surface area (Å²) in [5, 5.41) is 0. The van der Waals surface area contributed by atoms with Gasteiger partial charge in [-0.1, -0.05) is 82.3 Å². The largest absolute Gasteiger partial charge is 0.343 e. The summed E-state index contributed by atoms with van der Waals surface area (Å²) in [6.07, 6.45) is 0.616. The second-order valence-electron chi connectivity index (χ2n) is 9.04. The van der Waals surface area contributed by atoms with Gasteiger partial charge in [-0.25, -0.2) is 13.2 Å². The quantitative estimate of drug-likeness (QED) is 0.501. The van der Waals surface area contributed by atoms with Crippen molar-refractivity contribution in [2.45, 2.75) is 51.0 Å². The Labute approximate surface area is 190 Å². The number of carbonyl (C=O) groups excluding carboxylic acids is 1. The number of benzene rings is 3. The molecule has 2 amide bonds. The van der Waals surface area contributed by atoms with Crippen LogP contribution in [0.15, 0.2) is 77.7 Å². The summed E-state index contributed by atoms with van der Waals surface area (Å²) in [7, 11) is -4.03. The lowest BCUT2D eigenvalue weighted by Crippen LogP contribution is -2.51.